The van der Waals surface area contributed by atoms with Gasteiger partial charge in [-0.25, -0.2) is 4.39 Å². The molecule has 4 heteroatoms. The van der Waals surface area contributed by atoms with E-state index in [9.17, 15) is 9.18 Å². The van der Waals surface area contributed by atoms with Crippen LogP contribution in [0.1, 0.15) is 17.3 Å². The van der Waals surface area contributed by atoms with Crippen LogP contribution >= 0.6 is 15.9 Å². The highest BCUT2D eigenvalue weighted by atomic mass is 79.9. The topological polar surface area (TPSA) is 26.3 Å². The Morgan fingerprint density at radius 1 is 1.64 bits per heavy atom. The summed E-state index contributed by atoms with van der Waals surface area (Å²) < 4.78 is 17.6. The maximum Gasteiger partial charge on any atom is 0.324 e. The van der Waals surface area contributed by atoms with Crippen molar-refractivity contribution in [1.29, 1.82) is 0 Å². The highest BCUT2D eigenvalue weighted by Gasteiger charge is 2.18. The molecule has 0 N–H and O–H groups in total. The van der Waals surface area contributed by atoms with Crippen LogP contribution in [0.3, 0.4) is 0 Å². The highest BCUT2D eigenvalue weighted by molar-refractivity contribution is 9.09. The highest BCUT2D eigenvalue weighted by Crippen LogP contribution is 2.24. The van der Waals surface area contributed by atoms with Crippen LogP contribution in [0.2, 0.25) is 0 Å². The molecule has 0 aliphatic carbocycles. The van der Waals surface area contributed by atoms with E-state index in [1.165, 1.54) is 12.1 Å². The second-order valence-electron chi connectivity index (χ2n) is 2.67. The van der Waals surface area contributed by atoms with Crippen molar-refractivity contribution >= 4 is 21.9 Å². The molecule has 14 heavy (non-hydrogen) atoms. The maximum atomic E-state index is 12.8. The van der Waals surface area contributed by atoms with Crippen LogP contribution in [0, 0.1) is 5.82 Å². The van der Waals surface area contributed by atoms with E-state index in [1.807, 2.05) is 0 Å². The largest absolute Gasteiger partial charge is 0.465 e. The molecule has 0 bridgehead atoms. The lowest BCUT2D eigenvalue weighted by molar-refractivity contribution is -0.142. The third kappa shape index (κ3) is 2.80. The van der Waals surface area contributed by atoms with Crippen LogP contribution in [-0.4, -0.2) is 12.6 Å². The first-order chi connectivity index (χ1) is 6.65. The summed E-state index contributed by atoms with van der Waals surface area (Å²) in [5.41, 5.74) is 0.559. The number of hydrogen-bond donors (Lipinski definition) is 0. The zero-order chi connectivity index (χ0) is 10.6. The molecular weight excluding hydrogens is 251 g/mol. The number of alkyl halides is 1. The summed E-state index contributed by atoms with van der Waals surface area (Å²) in [4.78, 5) is 10.7. The molecule has 0 saturated heterocycles. The van der Waals surface area contributed by atoms with Crippen molar-refractivity contribution in [2.24, 2.45) is 0 Å². The summed E-state index contributed by atoms with van der Waals surface area (Å²) >= 11 is 3.15. The zero-order valence-electron chi connectivity index (χ0n) is 7.67. The standard InChI is InChI=1S/C10H10BrFO2/c1-2-14-10(13)9(11)7-4-3-5-8(12)6-7/h3-6,9H,2H2,1H3. The van der Waals surface area contributed by atoms with Gasteiger partial charge in [-0.05, 0) is 24.6 Å². The lowest BCUT2D eigenvalue weighted by atomic mass is 10.1. The molecule has 1 aromatic carbocycles. The van der Waals surface area contributed by atoms with Crippen molar-refractivity contribution in [3.63, 3.8) is 0 Å². The number of hydrogen-bond acceptors (Lipinski definition) is 2. The van der Waals surface area contributed by atoms with Gasteiger partial charge in [0.25, 0.3) is 0 Å². The third-order valence-electron chi connectivity index (χ3n) is 1.63. The van der Waals surface area contributed by atoms with Crippen LogP contribution in [0.4, 0.5) is 4.39 Å². The first-order valence-corrected chi connectivity index (χ1v) is 5.13. The first-order valence-electron chi connectivity index (χ1n) is 4.21. The van der Waals surface area contributed by atoms with E-state index in [2.05, 4.69) is 15.9 Å². The Kier molecular flexibility index (Phi) is 4.07. The minimum atomic E-state index is -0.599. The number of benzene rings is 1. The van der Waals surface area contributed by atoms with Gasteiger partial charge >= 0.3 is 5.97 Å². The summed E-state index contributed by atoms with van der Waals surface area (Å²) in [5.74, 6) is -0.769. The average Bonchev–Trinajstić information content (AvgIpc) is 2.17. The van der Waals surface area contributed by atoms with Gasteiger partial charge in [0, 0.05) is 0 Å². The minimum Gasteiger partial charge on any atom is -0.465 e. The number of halogens is 2. The molecule has 2 nitrogen and oxygen atoms in total. The normalized spacial score (nSPS) is 12.2. The van der Waals surface area contributed by atoms with Crippen LogP contribution in [0.15, 0.2) is 24.3 Å². The van der Waals surface area contributed by atoms with E-state index in [0.717, 1.165) is 0 Å². The van der Waals surface area contributed by atoms with E-state index in [0.29, 0.717) is 12.2 Å². The van der Waals surface area contributed by atoms with Crippen molar-refractivity contribution in [3.8, 4) is 0 Å². The Morgan fingerprint density at radius 2 is 2.36 bits per heavy atom. The van der Waals surface area contributed by atoms with E-state index >= 15 is 0 Å². The Bertz CT molecular complexity index is 328. The third-order valence-corrected chi connectivity index (χ3v) is 2.54. The molecule has 76 valence electrons. The quantitative estimate of drug-likeness (QED) is 0.617. The monoisotopic (exact) mass is 260 g/mol. The molecule has 1 unspecified atom stereocenters. The van der Waals surface area contributed by atoms with Crippen molar-refractivity contribution in [1.82, 2.24) is 0 Å². The Labute approximate surface area is 90.2 Å². The number of esters is 1. The fourth-order valence-electron chi connectivity index (χ4n) is 1.02. The lowest BCUT2D eigenvalue weighted by Gasteiger charge is -2.08. The van der Waals surface area contributed by atoms with Gasteiger partial charge < -0.3 is 4.74 Å². The van der Waals surface area contributed by atoms with Crippen molar-refractivity contribution in [2.45, 2.75) is 11.8 Å². The molecule has 0 aromatic heterocycles. The van der Waals surface area contributed by atoms with Crippen molar-refractivity contribution < 1.29 is 13.9 Å². The average molecular weight is 261 g/mol. The summed E-state index contributed by atoms with van der Waals surface area (Å²) in [5, 5.41) is 0. The zero-order valence-corrected chi connectivity index (χ0v) is 9.25. The molecule has 0 aliphatic rings. The van der Waals surface area contributed by atoms with Gasteiger partial charge in [-0.15, -0.1) is 0 Å². The van der Waals surface area contributed by atoms with Gasteiger partial charge in [0.2, 0.25) is 0 Å². The number of carbonyl (C=O) groups excluding carboxylic acids is 1. The molecule has 0 aliphatic heterocycles. The molecule has 1 rings (SSSR count). The van der Waals surface area contributed by atoms with Gasteiger partial charge in [0.1, 0.15) is 10.6 Å². The van der Waals surface area contributed by atoms with Crippen LogP contribution in [-0.2, 0) is 9.53 Å². The second kappa shape index (κ2) is 5.10. The predicted octanol–water partition coefficient (Wildman–Crippen LogP) is 2.82. The van der Waals surface area contributed by atoms with Crippen molar-refractivity contribution in [2.75, 3.05) is 6.61 Å². The molecule has 1 aromatic rings. The summed E-state index contributed by atoms with van der Waals surface area (Å²) in [6, 6.07) is 5.85. The second-order valence-corrected chi connectivity index (χ2v) is 3.59. The molecule has 0 heterocycles. The van der Waals surface area contributed by atoms with Crippen LogP contribution < -0.4 is 0 Å². The van der Waals surface area contributed by atoms with E-state index in [1.54, 1.807) is 19.1 Å². The van der Waals surface area contributed by atoms with Gasteiger partial charge in [0.15, 0.2) is 0 Å². The molecule has 0 amide bonds. The lowest BCUT2D eigenvalue weighted by Crippen LogP contribution is -2.10. The van der Waals surface area contributed by atoms with Crippen LogP contribution in [0.25, 0.3) is 0 Å². The molecule has 0 radical (unpaired) electrons. The summed E-state index contributed by atoms with van der Waals surface area (Å²) in [6.07, 6.45) is 0. The molecule has 1 atom stereocenters. The Morgan fingerprint density at radius 3 is 2.93 bits per heavy atom. The first kappa shape index (κ1) is 11.2. The molecule has 0 fully saturated rings. The fraction of sp³-hybridized carbons (Fsp3) is 0.300. The van der Waals surface area contributed by atoms with Gasteiger partial charge in [-0.2, -0.15) is 0 Å². The van der Waals surface area contributed by atoms with Crippen LogP contribution in [0.5, 0.6) is 0 Å². The Balaban J connectivity index is 2.78. The predicted molar refractivity (Wildman–Crippen MR) is 54.7 cm³/mol. The van der Waals surface area contributed by atoms with E-state index < -0.39 is 10.8 Å². The fourth-order valence-corrected chi connectivity index (χ4v) is 1.43. The number of rotatable bonds is 3. The van der Waals surface area contributed by atoms with Gasteiger partial charge in [0.05, 0.1) is 6.61 Å². The summed E-state index contributed by atoms with van der Waals surface area (Å²) in [7, 11) is 0. The SMILES string of the molecule is CCOC(=O)C(Br)c1cccc(F)c1. The molecular formula is C10H10BrFO2. The van der Waals surface area contributed by atoms with Gasteiger partial charge in [-0.1, -0.05) is 28.1 Å². The molecule has 0 saturated carbocycles. The summed E-state index contributed by atoms with van der Waals surface area (Å²) in [6.45, 7) is 2.04. The number of ether oxygens (including phenoxy) is 1. The van der Waals surface area contributed by atoms with Crippen molar-refractivity contribution in [3.05, 3.63) is 35.6 Å². The number of carbonyl (C=O) groups is 1. The van der Waals surface area contributed by atoms with E-state index in [4.69, 9.17) is 4.74 Å². The van der Waals surface area contributed by atoms with E-state index in [-0.39, 0.29) is 5.82 Å². The maximum absolute atomic E-state index is 12.8. The minimum absolute atomic E-state index is 0.316. The Hall–Kier alpha value is -0.900. The van der Waals surface area contributed by atoms with Gasteiger partial charge in [-0.3, -0.25) is 4.79 Å². The smallest absolute Gasteiger partial charge is 0.324 e. The molecule has 0 spiro atoms.